The Morgan fingerprint density at radius 3 is 1.95 bits per heavy atom. The highest BCUT2D eigenvalue weighted by molar-refractivity contribution is 7.92. The topological polar surface area (TPSA) is 86.8 Å². The number of aryl methyl sites for hydroxylation is 1. The van der Waals surface area contributed by atoms with Crippen LogP contribution >= 0.6 is 34.8 Å². The number of anilines is 1. The predicted octanol–water partition coefficient (Wildman–Crippen LogP) is 6.87. The van der Waals surface area contributed by atoms with Crippen molar-refractivity contribution in [2.24, 2.45) is 0 Å². The molecule has 220 valence electrons. The molecular weight excluding hydrogens is 605 g/mol. The van der Waals surface area contributed by atoms with E-state index in [-0.39, 0.29) is 33.1 Å². The van der Waals surface area contributed by atoms with Gasteiger partial charge in [0.25, 0.3) is 10.0 Å². The molecule has 1 atom stereocenters. The second kappa shape index (κ2) is 13.5. The van der Waals surface area contributed by atoms with E-state index in [1.54, 1.807) is 43.3 Å². The summed E-state index contributed by atoms with van der Waals surface area (Å²) < 4.78 is 28.9. The molecule has 0 radical (unpaired) electrons. The van der Waals surface area contributed by atoms with E-state index in [9.17, 15) is 18.0 Å². The predicted molar refractivity (Wildman–Crippen MR) is 166 cm³/mol. The van der Waals surface area contributed by atoms with Crippen LogP contribution in [0.5, 0.6) is 0 Å². The van der Waals surface area contributed by atoms with Crippen LogP contribution in [0.25, 0.3) is 0 Å². The quantitative estimate of drug-likeness (QED) is 0.263. The molecule has 41 heavy (non-hydrogen) atoms. The fraction of sp³-hybridized carbons (Fsp3) is 0.333. The van der Waals surface area contributed by atoms with Crippen LogP contribution in [0.3, 0.4) is 0 Å². The zero-order valence-corrected chi connectivity index (χ0v) is 26.7. The summed E-state index contributed by atoms with van der Waals surface area (Å²) in [5.41, 5.74) is 1.18. The Morgan fingerprint density at radius 1 is 0.878 bits per heavy atom. The maximum absolute atomic E-state index is 14.1. The molecule has 0 spiro atoms. The molecule has 3 rings (SSSR count). The summed E-state index contributed by atoms with van der Waals surface area (Å²) in [4.78, 5) is 28.9. The van der Waals surface area contributed by atoms with Crippen LogP contribution < -0.4 is 9.62 Å². The minimum absolute atomic E-state index is 0.00577. The Balaban J connectivity index is 2.10. The summed E-state index contributed by atoms with van der Waals surface area (Å²) in [6.45, 7) is 8.65. The van der Waals surface area contributed by atoms with E-state index in [1.807, 2.05) is 27.7 Å². The lowest BCUT2D eigenvalue weighted by Crippen LogP contribution is -2.55. The molecule has 0 aliphatic heterocycles. The summed E-state index contributed by atoms with van der Waals surface area (Å²) >= 11 is 18.5. The summed E-state index contributed by atoms with van der Waals surface area (Å²) in [6.07, 6.45) is 0.301. The molecule has 0 heterocycles. The molecule has 2 amide bonds. The standard InChI is InChI=1S/C30H34Cl3N3O4S/c1-6-27(29(38)34-30(3,4)5)35(18-21-9-11-22(31)12-10-21)28(37)19-36(25-16-23(32)15-24(33)17-25)41(39,40)26-13-7-20(2)8-14-26/h7-17,27H,6,18-19H2,1-5H3,(H,34,38). The van der Waals surface area contributed by atoms with Gasteiger partial charge in [-0.1, -0.05) is 71.6 Å². The van der Waals surface area contributed by atoms with Crippen molar-refractivity contribution in [2.75, 3.05) is 10.8 Å². The van der Waals surface area contributed by atoms with Crippen molar-refractivity contribution >= 4 is 62.3 Å². The van der Waals surface area contributed by atoms with E-state index in [0.29, 0.717) is 11.4 Å². The Labute approximate surface area is 257 Å². The highest BCUT2D eigenvalue weighted by atomic mass is 35.5. The third-order valence-electron chi connectivity index (χ3n) is 6.17. The van der Waals surface area contributed by atoms with Gasteiger partial charge in [0, 0.05) is 27.2 Å². The zero-order valence-electron chi connectivity index (χ0n) is 23.6. The van der Waals surface area contributed by atoms with Gasteiger partial charge in [-0.05, 0) is 82.1 Å². The Hall–Kier alpha value is -2.78. The van der Waals surface area contributed by atoms with E-state index in [2.05, 4.69) is 5.32 Å². The molecule has 1 unspecified atom stereocenters. The lowest BCUT2D eigenvalue weighted by Gasteiger charge is -2.34. The molecule has 3 aromatic carbocycles. The molecule has 0 aliphatic rings. The number of rotatable bonds is 10. The first kappa shape index (κ1) is 32.7. The lowest BCUT2D eigenvalue weighted by atomic mass is 10.1. The van der Waals surface area contributed by atoms with Gasteiger partial charge in [-0.3, -0.25) is 13.9 Å². The van der Waals surface area contributed by atoms with Gasteiger partial charge in [-0.15, -0.1) is 0 Å². The maximum Gasteiger partial charge on any atom is 0.264 e. The molecule has 11 heteroatoms. The fourth-order valence-corrected chi connectivity index (χ4v) is 6.25. The van der Waals surface area contributed by atoms with Gasteiger partial charge in [-0.25, -0.2) is 8.42 Å². The second-order valence-corrected chi connectivity index (χ2v) is 13.9. The Kier molecular flexibility index (Phi) is 10.7. The van der Waals surface area contributed by atoms with Crippen LogP contribution in [-0.4, -0.2) is 43.3 Å². The molecule has 0 saturated carbocycles. The molecule has 1 N–H and O–H groups in total. The van der Waals surface area contributed by atoms with Gasteiger partial charge in [0.15, 0.2) is 0 Å². The number of nitrogens with zero attached hydrogens (tertiary/aromatic N) is 2. The number of halogens is 3. The van der Waals surface area contributed by atoms with Crippen molar-refractivity contribution in [3.63, 3.8) is 0 Å². The first-order chi connectivity index (χ1) is 19.1. The minimum atomic E-state index is -4.24. The molecule has 7 nitrogen and oxygen atoms in total. The normalized spacial score (nSPS) is 12.5. The lowest BCUT2D eigenvalue weighted by molar-refractivity contribution is -0.141. The highest BCUT2D eigenvalue weighted by Crippen LogP contribution is 2.30. The molecular formula is C30H34Cl3N3O4S. The first-order valence-electron chi connectivity index (χ1n) is 13.0. The van der Waals surface area contributed by atoms with E-state index in [0.717, 1.165) is 15.4 Å². The van der Waals surface area contributed by atoms with Crippen molar-refractivity contribution in [2.45, 2.75) is 64.1 Å². The van der Waals surface area contributed by atoms with Crippen LogP contribution in [0, 0.1) is 6.92 Å². The highest BCUT2D eigenvalue weighted by Gasteiger charge is 2.34. The van der Waals surface area contributed by atoms with Crippen molar-refractivity contribution in [1.29, 1.82) is 0 Å². The second-order valence-electron chi connectivity index (χ2n) is 10.8. The van der Waals surface area contributed by atoms with Crippen molar-refractivity contribution < 1.29 is 18.0 Å². The van der Waals surface area contributed by atoms with E-state index < -0.39 is 34.1 Å². The zero-order chi connectivity index (χ0) is 30.5. The number of carbonyl (C=O) groups excluding carboxylic acids is 2. The number of benzene rings is 3. The first-order valence-corrected chi connectivity index (χ1v) is 15.6. The van der Waals surface area contributed by atoms with Crippen LogP contribution in [0.4, 0.5) is 5.69 Å². The monoisotopic (exact) mass is 637 g/mol. The maximum atomic E-state index is 14.1. The van der Waals surface area contributed by atoms with Crippen LogP contribution in [-0.2, 0) is 26.2 Å². The number of carbonyl (C=O) groups is 2. The molecule has 0 fully saturated rings. The third-order valence-corrected chi connectivity index (χ3v) is 8.65. The van der Waals surface area contributed by atoms with E-state index >= 15 is 0 Å². The largest absolute Gasteiger partial charge is 0.350 e. The van der Waals surface area contributed by atoms with Gasteiger partial charge < -0.3 is 10.2 Å². The average Bonchev–Trinajstić information content (AvgIpc) is 2.86. The van der Waals surface area contributed by atoms with Gasteiger partial charge in [0.05, 0.1) is 10.6 Å². The summed E-state index contributed by atoms with van der Waals surface area (Å²) in [7, 11) is -4.24. The van der Waals surface area contributed by atoms with Crippen LogP contribution in [0.2, 0.25) is 15.1 Å². The van der Waals surface area contributed by atoms with Gasteiger partial charge >= 0.3 is 0 Å². The fourth-order valence-electron chi connectivity index (χ4n) is 4.21. The number of hydrogen-bond donors (Lipinski definition) is 1. The van der Waals surface area contributed by atoms with Crippen molar-refractivity contribution in [3.05, 3.63) is 92.9 Å². The van der Waals surface area contributed by atoms with Gasteiger partial charge in [0.2, 0.25) is 11.8 Å². The molecule has 3 aromatic rings. The third kappa shape index (κ3) is 8.85. The number of hydrogen-bond acceptors (Lipinski definition) is 4. The van der Waals surface area contributed by atoms with Crippen molar-refractivity contribution in [1.82, 2.24) is 10.2 Å². The minimum Gasteiger partial charge on any atom is -0.350 e. The van der Waals surface area contributed by atoms with Crippen LogP contribution in [0.1, 0.15) is 45.2 Å². The summed E-state index contributed by atoms with van der Waals surface area (Å²) in [5.74, 6) is -0.927. The summed E-state index contributed by atoms with van der Waals surface area (Å²) in [6, 6.07) is 16.7. The van der Waals surface area contributed by atoms with Crippen LogP contribution in [0.15, 0.2) is 71.6 Å². The van der Waals surface area contributed by atoms with E-state index in [4.69, 9.17) is 34.8 Å². The number of amides is 2. The molecule has 0 aliphatic carbocycles. The van der Waals surface area contributed by atoms with Gasteiger partial charge in [0.1, 0.15) is 12.6 Å². The molecule has 0 saturated heterocycles. The van der Waals surface area contributed by atoms with Crippen molar-refractivity contribution in [3.8, 4) is 0 Å². The number of nitrogens with one attached hydrogen (secondary N) is 1. The Bertz CT molecular complexity index is 1470. The van der Waals surface area contributed by atoms with E-state index in [1.165, 1.54) is 35.2 Å². The number of sulfonamides is 1. The average molecular weight is 639 g/mol. The smallest absolute Gasteiger partial charge is 0.264 e. The van der Waals surface area contributed by atoms with Gasteiger partial charge in [-0.2, -0.15) is 0 Å². The SMILES string of the molecule is CCC(C(=O)NC(C)(C)C)N(Cc1ccc(Cl)cc1)C(=O)CN(c1cc(Cl)cc(Cl)c1)S(=O)(=O)c1ccc(C)cc1. The molecule has 0 bridgehead atoms. The molecule has 0 aromatic heterocycles. The Morgan fingerprint density at radius 2 is 1.44 bits per heavy atom. The summed E-state index contributed by atoms with van der Waals surface area (Å²) in [5, 5.41) is 3.88.